The maximum atomic E-state index is 11.9. The summed E-state index contributed by atoms with van der Waals surface area (Å²) in [6, 6.07) is -0.445. The van der Waals surface area contributed by atoms with E-state index in [-0.39, 0.29) is 0 Å². The number of amides is 2. The summed E-state index contributed by atoms with van der Waals surface area (Å²) >= 11 is 1.53. The lowest BCUT2D eigenvalue weighted by Crippen LogP contribution is -2.55. The summed E-state index contributed by atoms with van der Waals surface area (Å²) in [5.74, 6) is -0.953. The number of nitrogens with one attached hydrogen (secondary N) is 2. The second-order valence-corrected chi connectivity index (χ2v) is 6.44. The normalized spacial score (nSPS) is 16.9. The van der Waals surface area contributed by atoms with Gasteiger partial charge in [-0.15, -0.1) is 11.3 Å². The van der Waals surface area contributed by atoms with E-state index >= 15 is 0 Å². The van der Waals surface area contributed by atoms with Gasteiger partial charge in [0, 0.05) is 4.88 Å². The standard InChI is InChI=1S/C13H19N3O3S/c1-8-9(2)20-10(15-8)7-14-12(19)16-13(11(17)18)5-3-4-6-13/h3-7H2,1-2H3,(H,17,18)(H2,14,16,19). The van der Waals surface area contributed by atoms with Gasteiger partial charge in [-0.2, -0.15) is 0 Å². The summed E-state index contributed by atoms with van der Waals surface area (Å²) in [6.07, 6.45) is 2.64. The minimum Gasteiger partial charge on any atom is -0.480 e. The van der Waals surface area contributed by atoms with Crippen molar-refractivity contribution in [2.24, 2.45) is 0 Å². The molecule has 0 saturated heterocycles. The average Bonchev–Trinajstić information content (AvgIpc) is 2.96. The average molecular weight is 297 g/mol. The molecule has 0 aromatic carbocycles. The third-order valence-electron chi connectivity index (χ3n) is 3.69. The molecule has 7 heteroatoms. The zero-order valence-electron chi connectivity index (χ0n) is 11.7. The summed E-state index contributed by atoms with van der Waals surface area (Å²) in [6.45, 7) is 4.22. The first-order valence-corrected chi connectivity index (χ1v) is 7.47. The number of hydrogen-bond donors (Lipinski definition) is 3. The van der Waals surface area contributed by atoms with Gasteiger partial charge < -0.3 is 15.7 Å². The molecule has 6 nitrogen and oxygen atoms in total. The monoisotopic (exact) mass is 297 g/mol. The van der Waals surface area contributed by atoms with Crippen LogP contribution in [0.4, 0.5) is 4.79 Å². The van der Waals surface area contributed by atoms with E-state index in [9.17, 15) is 14.7 Å². The van der Waals surface area contributed by atoms with Crippen LogP contribution in [-0.2, 0) is 11.3 Å². The van der Waals surface area contributed by atoms with Gasteiger partial charge in [0.05, 0.1) is 12.2 Å². The van der Waals surface area contributed by atoms with E-state index in [2.05, 4.69) is 15.6 Å². The first-order valence-electron chi connectivity index (χ1n) is 6.65. The van der Waals surface area contributed by atoms with Gasteiger partial charge in [0.2, 0.25) is 0 Å². The van der Waals surface area contributed by atoms with Crippen LogP contribution < -0.4 is 10.6 Å². The largest absolute Gasteiger partial charge is 0.480 e. The first kappa shape index (κ1) is 14.8. The number of carbonyl (C=O) groups is 2. The van der Waals surface area contributed by atoms with E-state index in [1.54, 1.807) is 0 Å². The third-order valence-corrected chi connectivity index (χ3v) is 4.77. The Kier molecular flexibility index (Phi) is 4.27. The highest BCUT2D eigenvalue weighted by molar-refractivity contribution is 7.11. The maximum absolute atomic E-state index is 11.9. The number of aromatic nitrogens is 1. The Bertz CT molecular complexity index is 501. The number of carboxylic acid groups (broad SMARTS) is 1. The highest BCUT2D eigenvalue weighted by Crippen LogP contribution is 2.29. The maximum Gasteiger partial charge on any atom is 0.329 e. The number of rotatable bonds is 4. The van der Waals surface area contributed by atoms with Crippen molar-refractivity contribution in [2.75, 3.05) is 0 Å². The molecule has 1 heterocycles. The van der Waals surface area contributed by atoms with Crippen LogP contribution in [0.15, 0.2) is 0 Å². The van der Waals surface area contributed by atoms with E-state index in [1.807, 2.05) is 13.8 Å². The van der Waals surface area contributed by atoms with Gasteiger partial charge in [-0.1, -0.05) is 12.8 Å². The molecule has 1 fully saturated rings. The predicted octanol–water partition coefficient (Wildman–Crippen LogP) is 1.96. The zero-order valence-corrected chi connectivity index (χ0v) is 12.5. The number of carbonyl (C=O) groups excluding carboxylic acids is 1. The molecule has 20 heavy (non-hydrogen) atoms. The number of hydrogen-bond acceptors (Lipinski definition) is 4. The lowest BCUT2D eigenvalue weighted by molar-refractivity contribution is -0.144. The van der Waals surface area contributed by atoms with E-state index in [1.165, 1.54) is 11.3 Å². The Hall–Kier alpha value is -1.63. The summed E-state index contributed by atoms with van der Waals surface area (Å²) in [5.41, 5.74) is -0.135. The number of carboxylic acids is 1. The Morgan fingerprint density at radius 1 is 1.35 bits per heavy atom. The van der Waals surface area contributed by atoms with Crippen molar-refractivity contribution < 1.29 is 14.7 Å². The molecular formula is C13H19N3O3S. The van der Waals surface area contributed by atoms with Gasteiger partial charge >= 0.3 is 12.0 Å². The predicted molar refractivity (Wildman–Crippen MR) is 75.8 cm³/mol. The summed E-state index contributed by atoms with van der Waals surface area (Å²) in [5, 5.41) is 15.4. The molecule has 0 radical (unpaired) electrons. The molecule has 0 aliphatic heterocycles. The lowest BCUT2D eigenvalue weighted by atomic mass is 9.98. The molecule has 1 aromatic rings. The Morgan fingerprint density at radius 2 is 2.00 bits per heavy atom. The summed E-state index contributed by atoms with van der Waals surface area (Å²) in [7, 11) is 0. The molecule has 0 unspecified atom stereocenters. The second-order valence-electron chi connectivity index (χ2n) is 5.15. The van der Waals surface area contributed by atoms with Crippen molar-refractivity contribution >= 4 is 23.3 Å². The quantitative estimate of drug-likeness (QED) is 0.792. The van der Waals surface area contributed by atoms with Crippen molar-refractivity contribution in [3.05, 3.63) is 15.6 Å². The SMILES string of the molecule is Cc1nc(CNC(=O)NC2(C(=O)O)CCCC2)sc1C. The van der Waals surface area contributed by atoms with Crippen LogP contribution in [0.3, 0.4) is 0 Å². The number of urea groups is 1. The molecule has 1 aliphatic carbocycles. The van der Waals surface area contributed by atoms with Gasteiger partial charge in [0.15, 0.2) is 0 Å². The smallest absolute Gasteiger partial charge is 0.329 e. The van der Waals surface area contributed by atoms with Crippen molar-refractivity contribution in [1.82, 2.24) is 15.6 Å². The first-order chi connectivity index (χ1) is 9.43. The van der Waals surface area contributed by atoms with E-state index in [4.69, 9.17) is 0 Å². The van der Waals surface area contributed by atoms with Gasteiger partial charge in [0.1, 0.15) is 10.5 Å². The van der Waals surface area contributed by atoms with Crippen molar-refractivity contribution in [3.63, 3.8) is 0 Å². The minimum absolute atomic E-state index is 0.320. The van der Waals surface area contributed by atoms with Crippen LogP contribution in [-0.4, -0.2) is 27.6 Å². The van der Waals surface area contributed by atoms with Crippen LogP contribution >= 0.6 is 11.3 Å². The second kappa shape index (κ2) is 5.78. The van der Waals surface area contributed by atoms with Crippen molar-refractivity contribution in [2.45, 2.75) is 51.6 Å². The number of aryl methyl sites for hydroxylation is 2. The molecule has 0 spiro atoms. The van der Waals surface area contributed by atoms with E-state index < -0.39 is 17.5 Å². The Labute approximate surface area is 121 Å². The minimum atomic E-state index is -1.10. The molecule has 0 atom stereocenters. The van der Waals surface area contributed by atoms with Gasteiger partial charge in [-0.25, -0.2) is 14.6 Å². The number of aliphatic carboxylic acids is 1. The molecule has 1 saturated carbocycles. The summed E-state index contributed by atoms with van der Waals surface area (Å²) in [4.78, 5) is 28.6. The zero-order chi connectivity index (χ0) is 14.8. The van der Waals surface area contributed by atoms with Crippen LogP contribution in [0.25, 0.3) is 0 Å². The molecule has 1 aliphatic rings. The lowest BCUT2D eigenvalue weighted by Gasteiger charge is -2.25. The van der Waals surface area contributed by atoms with Crippen LogP contribution in [0.2, 0.25) is 0 Å². The number of nitrogens with zero attached hydrogens (tertiary/aromatic N) is 1. The van der Waals surface area contributed by atoms with Gasteiger partial charge in [-0.05, 0) is 26.7 Å². The van der Waals surface area contributed by atoms with Gasteiger partial charge in [-0.3, -0.25) is 0 Å². The van der Waals surface area contributed by atoms with Crippen LogP contribution in [0.1, 0.15) is 41.3 Å². The van der Waals surface area contributed by atoms with Gasteiger partial charge in [0.25, 0.3) is 0 Å². The fourth-order valence-corrected chi connectivity index (χ4v) is 3.28. The molecule has 1 aromatic heterocycles. The number of thiazole rings is 1. The van der Waals surface area contributed by atoms with Crippen LogP contribution in [0, 0.1) is 13.8 Å². The molecule has 0 bridgehead atoms. The van der Waals surface area contributed by atoms with Crippen molar-refractivity contribution in [3.8, 4) is 0 Å². The fraction of sp³-hybridized carbons (Fsp3) is 0.615. The molecular weight excluding hydrogens is 278 g/mol. The molecule has 2 rings (SSSR count). The Balaban J connectivity index is 1.90. The highest BCUT2D eigenvalue weighted by atomic mass is 32.1. The van der Waals surface area contributed by atoms with E-state index in [0.717, 1.165) is 28.4 Å². The van der Waals surface area contributed by atoms with Crippen LogP contribution in [0.5, 0.6) is 0 Å². The fourth-order valence-electron chi connectivity index (χ4n) is 2.40. The molecule has 2 amide bonds. The molecule has 3 N–H and O–H groups in total. The van der Waals surface area contributed by atoms with E-state index in [0.29, 0.717) is 19.4 Å². The Morgan fingerprint density at radius 3 is 2.50 bits per heavy atom. The molecule has 110 valence electrons. The topological polar surface area (TPSA) is 91.3 Å². The summed E-state index contributed by atoms with van der Waals surface area (Å²) < 4.78 is 0. The third kappa shape index (κ3) is 3.09. The van der Waals surface area contributed by atoms with Crippen molar-refractivity contribution in [1.29, 1.82) is 0 Å². The highest BCUT2D eigenvalue weighted by Gasteiger charge is 2.42.